The van der Waals surface area contributed by atoms with Crippen LogP contribution in [-0.4, -0.2) is 39.9 Å². The molecule has 0 unspecified atom stereocenters. The summed E-state index contributed by atoms with van der Waals surface area (Å²) >= 11 is 0. The van der Waals surface area contributed by atoms with Gasteiger partial charge < -0.3 is 10.6 Å². The molecular formula is C16H26N4O. The second-order valence-electron chi connectivity index (χ2n) is 6.38. The number of piperidine rings is 1. The maximum Gasteiger partial charge on any atom is 0.257 e. The number of rotatable bonds is 3. The molecule has 1 amide bonds. The summed E-state index contributed by atoms with van der Waals surface area (Å²) in [5.41, 5.74) is 7.49. The Morgan fingerprint density at radius 3 is 2.76 bits per heavy atom. The summed E-state index contributed by atoms with van der Waals surface area (Å²) in [6.45, 7) is 9.52. The topological polar surface area (TPSA) is 72.1 Å². The van der Waals surface area contributed by atoms with Crippen molar-refractivity contribution in [2.75, 3.05) is 13.1 Å². The van der Waals surface area contributed by atoms with E-state index in [-0.39, 0.29) is 17.9 Å². The highest BCUT2D eigenvalue weighted by Gasteiger charge is 2.28. The molecule has 21 heavy (non-hydrogen) atoms. The fourth-order valence-electron chi connectivity index (χ4n) is 2.89. The van der Waals surface area contributed by atoms with Gasteiger partial charge in [0, 0.05) is 25.3 Å². The number of nitrogens with two attached hydrogens (primary N) is 1. The molecule has 0 aliphatic carbocycles. The van der Waals surface area contributed by atoms with Crippen LogP contribution < -0.4 is 5.73 Å². The van der Waals surface area contributed by atoms with Crippen LogP contribution in [-0.2, 0) is 0 Å². The molecule has 116 valence electrons. The smallest absolute Gasteiger partial charge is 0.257 e. The van der Waals surface area contributed by atoms with Crippen LogP contribution in [0.3, 0.4) is 0 Å². The number of hydrogen-bond acceptors (Lipinski definition) is 4. The van der Waals surface area contributed by atoms with E-state index in [0.29, 0.717) is 17.3 Å². The first kappa shape index (κ1) is 15.9. The Hall–Kier alpha value is -1.49. The lowest BCUT2D eigenvalue weighted by atomic mass is 9.91. The molecule has 2 atom stereocenters. The minimum atomic E-state index is 0.0454. The fourth-order valence-corrected chi connectivity index (χ4v) is 2.89. The van der Waals surface area contributed by atoms with Crippen molar-refractivity contribution in [1.82, 2.24) is 14.9 Å². The largest absolute Gasteiger partial charge is 0.338 e. The quantitative estimate of drug-likeness (QED) is 0.925. The first-order valence-corrected chi connectivity index (χ1v) is 7.78. The summed E-state index contributed by atoms with van der Waals surface area (Å²) in [7, 11) is 0. The number of likely N-dealkylation sites (tertiary alicyclic amines) is 1. The molecule has 5 nitrogen and oxygen atoms in total. The number of carbonyl (C=O) groups excluding carboxylic acids is 1. The molecule has 2 heterocycles. The number of aryl methyl sites for hydroxylation is 1. The second-order valence-corrected chi connectivity index (χ2v) is 6.38. The van der Waals surface area contributed by atoms with E-state index in [2.05, 4.69) is 23.8 Å². The van der Waals surface area contributed by atoms with Crippen molar-refractivity contribution < 1.29 is 4.79 Å². The molecule has 0 spiro atoms. The van der Waals surface area contributed by atoms with Crippen LogP contribution in [0.4, 0.5) is 0 Å². The summed E-state index contributed by atoms with van der Waals surface area (Å²) in [6, 6.07) is 0.124. The highest BCUT2D eigenvalue weighted by Crippen LogP contribution is 2.23. The zero-order valence-electron chi connectivity index (χ0n) is 13.5. The summed E-state index contributed by atoms with van der Waals surface area (Å²) in [4.78, 5) is 23.4. The van der Waals surface area contributed by atoms with E-state index in [1.54, 1.807) is 6.20 Å². The number of hydrogen-bond donors (Lipinski definition) is 1. The molecule has 1 saturated heterocycles. The number of amides is 1. The van der Waals surface area contributed by atoms with Crippen LogP contribution in [0.15, 0.2) is 6.20 Å². The molecule has 0 radical (unpaired) electrons. The third-order valence-electron chi connectivity index (χ3n) is 4.20. The molecule has 1 aromatic heterocycles. The maximum atomic E-state index is 12.8. The van der Waals surface area contributed by atoms with Gasteiger partial charge in [-0.2, -0.15) is 0 Å². The number of aromatic nitrogens is 2. The number of nitrogens with zero attached hydrogens (tertiary/aromatic N) is 3. The normalized spacial score (nSPS) is 20.7. The SMILES string of the molecule is Cc1ncc(C(=O)N2CCC[C@H]([C@@H](C)N)C2)c(C(C)C)n1. The van der Waals surface area contributed by atoms with E-state index < -0.39 is 0 Å². The minimum absolute atomic E-state index is 0.0454. The predicted octanol–water partition coefficient (Wildman–Crippen LogP) is 2.11. The lowest BCUT2D eigenvalue weighted by Gasteiger charge is -2.35. The van der Waals surface area contributed by atoms with E-state index >= 15 is 0 Å². The van der Waals surface area contributed by atoms with E-state index in [0.717, 1.165) is 31.6 Å². The van der Waals surface area contributed by atoms with Gasteiger partial charge in [-0.25, -0.2) is 9.97 Å². The van der Waals surface area contributed by atoms with Crippen molar-refractivity contribution >= 4 is 5.91 Å². The van der Waals surface area contributed by atoms with Crippen molar-refractivity contribution in [2.45, 2.75) is 52.5 Å². The highest BCUT2D eigenvalue weighted by atomic mass is 16.2. The van der Waals surface area contributed by atoms with Crippen LogP contribution >= 0.6 is 0 Å². The van der Waals surface area contributed by atoms with Gasteiger partial charge in [-0.15, -0.1) is 0 Å². The van der Waals surface area contributed by atoms with Gasteiger partial charge in [0.2, 0.25) is 0 Å². The van der Waals surface area contributed by atoms with Crippen LogP contribution in [0.2, 0.25) is 0 Å². The highest BCUT2D eigenvalue weighted by molar-refractivity contribution is 5.95. The summed E-state index contributed by atoms with van der Waals surface area (Å²) in [5.74, 6) is 1.35. The van der Waals surface area contributed by atoms with Gasteiger partial charge >= 0.3 is 0 Å². The number of carbonyl (C=O) groups is 1. The monoisotopic (exact) mass is 290 g/mol. The van der Waals surface area contributed by atoms with Gasteiger partial charge in [-0.3, -0.25) is 4.79 Å². The third kappa shape index (κ3) is 3.59. The Balaban J connectivity index is 2.23. The summed E-state index contributed by atoms with van der Waals surface area (Å²) in [5, 5.41) is 0. The zero-order chi connectivity index (χ0) is 15.6. The summed E-state index contributed by atoms with van der Waals surface area (Å²) < 4.78 is 0. The molecule has 0 saturated carbocycles. The first-order valence-electron chi connectivity index (χ1n) is 7.78. The standard InChI is InChI=1S/C16H26N4O/c1-10(2)15-14(8-18-12(4)19-15)16(21)20-7-5-6-13(9-20)11(3)17/h8,10-11,13H,5-7,9,17H2,1-4H3/t11-,13+/m1/s1. The lowest BCUT2D eigenvalue weighted by Crippen LogP contribution is -2.45. The van der Waals surface area contributed by atoms with Gasteiger partial charge in [0.15, 0.2) is 0 Å². The van der Waals surface area contributed by atoms with Gasteiger partial charge in [0.25, 0.3) is 5.91 Å². The molecule has 5 heteroatoms. The first-order chi connectivity index (χ1) is 9.90. The van der Waals surface area contributed by atoms with Crippen LogP contribution in [0.5, 0.6) is 0 Å². The van der Waals surface area contributed by atoms with E-state index in [9.17, 15) is 4.79 Å². The second kappa shape index (κ2) is 6.52. The third-order valence-corrected chi connectivity index (χ3v) is 4.20. The Morgan fingerprint density at radius 2 is 2.14 bits per heavy atom. The molecule has 2 rings (SSSR count). The Labute approximate surface area is 127 Å². The molecule has 1 fully saturated rings. The van der Waals surface area contributed by atoms with E-state index in [1.165, 1.54) is 0 Å². The van der Waals surface area contributed by atoms with Gasteiger partial charge in [-0.05, 0) is 38.5 Å². The van der Waals surface area contributed by atoms with Gasteiger partial charge in [0.1, 0.15) is 5.82 Å². The van der Waals surface area contributed by atoms with Crippen molar-refractivity contribution in [3.8, 4) is 0 Å². The van der Waals surface area contributed by atoms with Crippen LogP contribution in [0.25, 0.3) is 0 Å². The predicted molar refractivity (Wildman–Crippen MR) is 83.1 cm³/mol. The van der Waals surface area contributed by atoms with Gasteiger partial charge in [0.05, 0.1) is 11.3 Å². The zero-order valence-corrected chi connectivity index (χ0v) is 13.5. The van der Waals surface area contributed by atoms with Crippen LogP contribution in [0, 0.1) is 12.8 Å². The average Bonchev–Trinajstić information content (AvgIpc) is 2.46. The van der Waals surface area contributed by atoms with Crippen LogP contribution in [0.1, 0.15) is 61.4 Å². The van der Waals surface area contributed by atoms with E-state index in [4.69, 9.17) is 5.73 Å². The molecule has 2 N–H and O–H groups in total. The molecule has 1 aliphatic heterocycles. The molecule has 0 aromatic carbocycles. The molecule has 0 bridgehead atoms. The summed E-state index contributed by atoms with van der Waals surface area (Å²) in [6.07, 6.45) is 3.79. The molecule has 1 aliphatic rings. The lowest BCUT2D eigenvalue weighted by molar-refractivity contribution is 0.0658. The van der Waals surface area contributed by atoms with Gasteiger partial charge in [-0.1, -0.05) is 13.8 Å². The molecule has 1 aromatic rings. The average molecular weight is 290 g/mol. The Morgan fingerprint density at radius 1 is 1.43 bits per heavy atom. The maximum absolute atomic E-state index is 12.8. The Kier molecular flexibility index (Phi) is 4.93. The van der Waals surface area contributed by atoms with E-state index in [1.807, 2.05) is 18.7 Å². The Bertz CT molecular complexity index is 513. The van der Waals surface area contributed by atoms with Crippen molar-refractivity contribution in [3.05, 3.63) is 23.3 Å². The minimum Gasteiger partial charge on any atom is -0.338 e. The molecular weight excluding hydrogens is 264 g/mol. The van der Waals surface area contributed by atoms with Crippen molar-refractivity contribution in [2.24, 2.45) is 11.7 Å². The van der Waals surface area contributed by atoms with Crippen molar-refractivity contribution in [3.63, 3.8) is 0 Å². The fraction of sp³-hybridized carbons (Fsp3) is 0.688. The van der Waals surface area contributed by atoms with Crippen molar-refractivity contribution in [1.29, 1.82) is 0 Å².